The van der Waals surface area contributed by atoms with Gasteiger partial charge in [0.2, 0.25) is 0 Å². The molecule has 2 atom stereocenters. The maximum atomic E-state index is 11.0. The number of esters is 1. The summed E-state index contributed by atoms with van der Waals surface area (Å²) in [6.07, 6.45) is 0.706. The largest absolute Gasteiger partial charge is 0.464 e. The van der Waals surface area contributed by atoms with Crippen molar-refractivity contribution < 1.29 is 22.5 Å². The van der Waals surface area contributed by atoms with Crippen molar-refractivity contribution >= 4 is 17.3 Å². The van der Waals surface area contributed by atoms with Crippen molar-refractivity contribution in [1.29, 1.82) is 0 Å². The van der Waals surface area contributed by atoms with E-state index in [9.17, 15) is 9.00 Å². The molecule has 0 rings (SSSR count). The maximum Gasteiger partial charge on any atom is 0.336 e. The summed E-state index contributed by atoms with van der Waals surface area (Å²) in [5.74, 6) is -0.615. The number of rotatable bonds is 6. The van der Waals surface area contributed by atoms with Crippen molar-refractivity contribution in [1.82, 2.24) is 0 Å². The molecule has 0 amide bonds. The minimum absolute atomic E-state index is 0.321. The minimum Gasteiger partial charge on any atom is -0.464 e. The second-order valence-electron chi connectivity index (χ2n) is 2.48. The number of unbranched alkanes of at least 4 members (excludes halogenated alkanes) is 1. The van der Waals surface area contributed by atoms with E-state index >= 15 is 0 Å². The van der Waals surface area contributed by atoms with Crippen LogP contribution in [-0.2, 0) is 25.1 Å². The summed E-state index contributed by atoms with van der Waals surface area (Å²) < 4.78 is 27.4. The summed E-state index contributed by atoms with van der Waals surface area (Å²) in [5, 5.41) is 0. The van der Waals surface area contributed by atoms with Gasteiger partial charge in [0, 0.05) is 0 Å². The molecule has 0 heterocycles. The number of ether oxygens (including phenoxy) is 1. The predicted octanol–water partition coefficient (Wildman–Crippen LogP) is 0.871. The summed E-state index contributed by atoms with van der Waals surface area (Å²) in [5.41, 5.74) is 0. The van der Waals surface area contributed by atoms with Crippen LogP contribution in [0.3, 0.4) is 0 Å². The molecule has 0 saturated carbocycles. The summed E-state index contributed by atoms with van der Waals surface area (Å²) >= 11 is -2.42. The first kappa shape index (κ1) is 12.5. The Morgan fingerprint density at radius 2 is 2.23 bits per heavy atom. The first-order chi connectivity index (χ1) is 6.07. The molecule has 6 heteroatoms. The maximum absolute atomic E-state index is 11.0. The zero-order valence-electron chi connectivity index (χ0n) is 7.69. The molecule has 0 saturated heterocycles. The Labute approximate surface area is 79.9 Å². The van der Waals surface area contributed by atoms with Crippen LogP contribution in [0.4, 0.5) is 0 Å². The zero-order valence-corrected chi connectivity index (χ0v) is 8.50. The van der Waals surface area contributed by atoms with Gasteiger partial charge in [0.1, 0.15) is 0 Å². The van der Waals surface area contributed by atoms with Gasteiger partial charge in [-0.2, -0.15) is 4.21 Å². The van der Waals surface area contributed by atoms with Crippen molar-refractivity contribution in [2.45, 2.75) is 32.8 Å². The number of hydrogen-bond acceptors (Lipinski definition) is 4. The van der Waals surface area contributed by atoms with Crippen LogP contribution < -0.4 is 0 Å². The molecular formula is C7H14O5S. The van der Waals surface area contributed by atoms with Gasteiger partial charge in [0.25, 0.3) is 0 Å². The average molecular weight is 210 g/mol. The van der Waals surface area contributed by atoms with Gasteiger partial charge >= 0.3 is 17.3 Å². The summed E-state index contributed by atoms with van der Waals surface area (Å²) in [6.45, 7) is 3.65. The van der Waals surface area contributed by atoms with Crippen LogP contribution in [0.5, 0.6) is 0 Å². The Morgan fingerprint density at radius 3 is 2.69 bits per heavy atom. The molecule has 0 bridgehead atoms. The standard InChI is InChI=1S/C7H14O5S/c1-3-4-5-11-7(8)6(2)12-13(9)10/h6H,3-5H2,1-2H3,(H,9,10). The van der Waals surface area contributed by atoms with Crippen molar-refractivity contribution in [3.63, 3.8) is 0 Å². The molecule has 0 aromatic carbocycles. The fourth-order valence-electron chi connectivity index (χ4n) is 0.597. The van der Waals surface area contributed by atoms with Crippen LogP contribution in [0.1, 0.15) is 26.7 Å². The first-order valence-electron chi connectivity index (χ1n) is 4.02. The van der Waals surface area contributed by atoms with Gasteiger partial charge in [-0.05, 0) is 13.3 Å². The quantitative estimate of drug-likeness (QED) is 0.400. The van der Waals surface area contributed by atoms with Crippen LogP contribution in [0, 0.1) is 0 Å². The van der Waals surface area contributed by atoms with Gasteiger partial charge in [0.05, 0.1) is 6.61 Å². The Hall–Kier alpha value is -0.460. The molecule has 0 aliphatic heterocycles. The van der Waals surface area contributed by atoms with E-state index < -0.39 is 23.4 Å². The second-order valence-corrected chi connectivity index (χ2v) is 3.10. The van der Waals surface area contributed by atoms with E-state index in [0.717, 1.165) is 12.8 Å². The summed E-state index contributed by atoms with van der Waals surface area (Å²) in [4.78, 5) is 11.0. The zero-order chi connectivity index (χ0) is 10.3. The van der Waals surface area contributed by atoms with Gasteiger partial charge in [-0.15, -0.1) is 0 Å². The van der Waals surface area contributed by atoms with E-state index in [1.165, 1.54) is 6.92 Å². The highest BCUT2D eigenvalue weighted by Crippen LogP contribution is 1.98. The van der Waals surface area contributed by atoms with Gasteiger partial charge in [0.15, 0.2) is 6.10 Å². The lowest BCUT2D eigenvalue weighted by Crippen LogP contribution is -2.24. The average Bonchev–Trinajstić information content (AvgIpc) is 2.03. The van der Waals surface area contributed by atoms with Gasteiger partial charge in [-0.3, -0.25) is 8.74 Å². The van der Waals surface area contributed by atoms with Gasteiger partial charge < -0.3 is 4.74 Å². The molecule has 0 radical (unpaired) electrons. The van der Waals surface area contributed by atoms with E-state index in [1.54, 1.807) is 0 Å². The Bertz CT molecular complexity index is 182. The van der Waals surface area contributed by atoms with Gasteiger partial charge in [-0.25, -0.2) is 4.79 Å². The monoisotopic (exact) mass is 210 g/mol. The molecule has 0 aliphatic carbocycles. The molecule has 78 valence electrons. The molecule has 0 aromatic rings. The van der Waals surface area contributed by atoms with Crippen molar-refractivity contribution in [3.8, 4) is 0 Å². The van der Waals surface area contributed by atoms with Crippen molar-refractivity contribution in [3.05, 3.63) is 0 Å². The molecular weight excluding hydrogens is 196 g/mol. The molecule has 0 aliphatic rings. The molecule has 2 unspecified atom stereocenters. The molecule has 0 fully saturated rings. The predicted molar refractivity (Wildman–Crippen MR) is 47.2 cm³/mol. The first-order valence-corrected chi connectivity index (χ1v) is 5.05. The van der Waals surface area contributed by atoms with E-state index in [1.807, 2.05) is 6.92 Å². The van der Waals surface area contributed by atoms with Crippen molar-refractivity contribution in [2.75, 3.05) is 6.61 Å². The Kier molecular flexibility index (Phi) is 6.75. The van der Waals surface area contributed by atoms with Crippen LogP contribution in [0.2, 0.25) is 0 Å². The lowest BCUT2D eigenvalue weighted by Gasteiger charge is -2.08. The Morgan fingerprint density at radius 1 is 1.62 bits per heavy atom. The smallest absolute Gasteiger partial charge is 0.336 e. The SMILES string of the molecule is CCCCOC(=O)C(C)OS(=O)O. The highest BCUT2D eigenvalue weighted by Gasteiger charge is 2.17. The second kappa shape index (κ2) is 6.99. The fourth-order valence-corrected chi connectivity index (χ4v) is 0.923. The van der Waals surface area contributed by atoms with Crippen LogP contribution in [0.25, 0.3) is 0 Å². The summed E-state index contributed by atoms with van der Waals surface area (Å²) in [6, 6.07) is 0. The van der Waals surface area contributed by atoms with Crippen LogP contribution in [-0.4, -0.2) is 27.4 Å². The fraction of sp³-hybridized carbons (Fsp3) is 0.857. The third-order valence-electron chi connectivity index (χ3n) is 1.30. The normalized spacial score (nSPS) is 15.0. The molecule has 0 spiro atoms. The molecule has 1 N–H and O–H groups in total. The topological polar surface area (TPSA) is 72.8 Å². The van der Waals surface area contributed by atoms with E-state index in [2.05, 4.69) is 4.18 Å². The highest BCUT2D eigenvalue weighted by molar-refractivity contribution is 7.74. The highest BCUT2D eigenvalue weighted by atomic mass is 32.2. The molecule has 13 heavy (non-hydrogen) atoms. The minimum atomic E-state index is -2.42. The lowest BCUT2D eigenvalue weighted by atomic mass is 10.3. The number of carbonyl (C=O) groups is 1. The van der Waals surface area contributed by atoms with Crippen LogP contribution in [0.15, 0.2) is 0 Å². The van der Waals surface area contributed by atoms with E-state index in [0.29, 0.717) is 6.61 Å². The van der Waals surface area contributed by atoms with Crippen molar-refractivity contribution in [2.24, 2.45) is 0 Å². The number of hydrogen-bond donors (Lipinski definition) is 1. The van der Waals surface area contributed by atoms with E-state index in [4.69, 9.17) is 9.29 Å². The third-order valence-corrected chi connectivity index (χ3v) is 1.75. The Balaban J connectivity index is 3.63. The number of carbonyl (C=O) groups excluding carboxylic acids is 1. The lowest BCUT2D eigenvalue weighted by molar-refractivity contribution is -0.151. The van der Waals surface area contributed by atoms with Gasteiger partial charge in [-0.1, -0.05) is 13.3 Å². The summed E-state index contributed by atoms with van der Waals surface area (Å²) in [7, 11) is 0. The van der Waals surface area contributed by atoms with Crippen LogP contribution >= 0.6 is 0 Å². The van der Waals surface area contributed by atoms with E-state index in [-0.39, 0.29) is 0 Å². The third kappa shape index (κ3) is 6.68. The molecule has 5 nitrogen and oxygen atoms in total. The molecule has 0 aromatic heterocycles.